The molecule has 0 radical (unpaired) electrons. The number of pyridine rings is 1. The van der Waals surface area contributed by atoms with E-state index >= 15 is 0 Å². The molecular formula is C44H29N5. The van der Waals surface area contributed by atoms with Gasteiger partial charge in [0, 0.05) is 38.9 Å². The molecule has 0 amide bonds. The summed E-state index contributed by atoms with van der Waals surface area (Å²) < 4.78 is 2.33. The lowest BCUT2D eigenvalue weighted by Gasteiger charge is -2.14. The van der Waals surface area contributed by atoms with Gasteiger partial charge in [0.1, 0.15) is 0 Å². The first kappa shape index (κ1) is 28.5. The van der Waals surface area contributed by atoms with Gasteiger partial charge in [-0.1, -0.05) is 152 Å². The quantitative estimate of drug-likeness (QED) is 0.184. The number of para-hydroxylation sites is 1. The minimum absolute atomic E-state index is 0.614. The lowest BCUT2D eigenvalue weighted by molar-refractivity contribution is 1.07. The van der Waals surface area contributed by atoms with E-state index in [4.69, 9.17) is 19.9 Å². The van der Waals surface area contributed by atoms with Gasteiger partial charge in [-0.15, -0.1) is 0 Å². The summed E-state index contributed by atoms with van der Waals surface area (Å²) in [5.41, 5.74) is 11.1. The number of nitrogens with zero attached hydrogens (tertiary/aromatic N) is 5. The molecule has 9 rings (SSSR count). The highest BCUT2D eigenvalue weighted by atomic mass is 15.0. The lowest BCUT2D eigenvalue weighted by Crippen LogP contribution is -2.01. The van der Waals surface area contributed by atoms with Gasteiger partial charge in [0.2, 0.25) is 0 Å². The average Bonchev–Trinajstić information content (AvgIpc) is 3.53. The first-order chi connectivity index (χ1) is 24.3. The van der Waals surface area contributed by atoms with Crippen molar-refractivity contribution in [3.05, 3.63) is 176 Å². The van der Waals surface area contributed by atoms with Gasteiger partial charge in [0.25, 0.3) is 0 Å². The SMILES string of the molecule is c1ccc(-c2cc(-c3ccccc3)c3c(n2)c2ccccc2n3-c2cccc(-c3nc(-c4ccccc4)nc(-c4ccccc4)n3)c2)cc1. The van der Waals surface area contributed by atoms with E-state index in [-0.39, 0.29) is 0 Å². The highest BCUT2D eigenvalue weighted by Gasteiger charge is 2.20. The van der Waals surface area contributed by atoms with E-state index in [0.29, 0.717) is 17.5 Å². The van der Waals surface area contributed by atoms with Crippen LogP contribution in [-0.2, 0) is 0 Å². The van der Waals surface area contributed by atoms with Gasteiger partial charge in [-0.3, -0.25) is 0 Å². The molecule has 0 spiro atoms. The molecule has 0 N–H and O–H groups in total. The van der Waals surface area contributed by atoms with Crippen molar-refractivity contribution in [1.29, 1.82) is 0 Å². The van der Waals surface area contributed by atoms with Crippen LogP contribution in [0.2, 0.25) is 0 Å². The van der Waals surface area contributed by atoms with Crippen LogP contribution in [-0.4, -0.2) is 24.5 Å². The molecule has 0 aliphatic heterocycles. The van der Waals surface area contributed by atoms with Crippen LogP contribution in [0.25, 0.3) is 84.2 Å². The Bertz CT molecular complexity index is 2520. The van der Waals surface area contributed by atoms with Gasteiger partial charge < -0.3 is 4.57 Å². The number of hydrogen-bond acceptors (Lipinski definition) is 4. The van der Waals surface area contributed by atoms with Crippen molar-refractivity contribution in [1.82, 2.24) is 24.5 Å². The van der Waals surface area contributed by atoms with Crippen LogP contribution in [0.1, 0.15) is 0 Å². The molecule has 0 fully saturated rings. The Morgan fingerprint density at radius 3 is 1.47 bits per heavy atom. The Balaban J connectivity index is 1.29. The van der Waals surface area contributed by atoms with Crippen molar-refractivity contribution >= 4 is 21.9 Å². The number of fused-ring (bicyclic) bond motifs is 3. The fourth-order valence-corrected chi connectivity index (χ4v) is 6.53. The van der Waals surface area contributed by atoms with E-state index in [0.717, 1.165) is 66.7 Å². The molecule has 3 heterocycles. The second-order valence-electron chi connectivity index (χ2n) is 11.9. The van der Waals surface area contributed by atoms with Crippen molar-refractivity contribution in [2.75, 3.05) is 0 Å². The smallest absolute Gasteiger partial charge is 0.164 e. The molecule has 230 valence electrons. The molecule has 3 aromatic heterocycles. The maximum atomic E-state index is 5.32. The number of rotatable bonds is 6. The standard InChI is InChI=1S/C44H29N5/c1-5-16-30(17-6-1)37-29-38(31-18-7-2-8-19-31)45-40-36-26-13-14-27-39(36)49(41(37)40)35-25-15-24-34(28-35)44-47-42(32-20-9-3-10-21-32)46-43(48-44)33-22-11-4-12-23-33/h1-29H. The second-order valence-corrected chi connectivity index (χ2v) is 11.9. The zero-order valence-corrected chi connectivity index (χ0v) is 26.5. The monoisotopic (exact) mass is 627 g/mol. The highest BCUT2D eigenvalue weighted by Crippen LogP contribution is 2.40. The number of aromatic nitrogens is 5. The zero-order valence-electron chi connectivity index (χ0n) is 26.5. The summed E-state index contributed by atoms with van der Waals surface area (Å²) in [5, 5.41) is 1.09. The van der Waals surface area contributed by atoms with Crippen molar-refractivity contribution in [2.45, 2.75) is 0 Å². The van der Waals surface area contributed by atoms with Crippen LogP contribution < -0.4 is 0 Å². The molecule has 5 heteroatoms. The minimum Gasteiger partial charge on any atom is -0.307 e. The third-order valence-corrected chi connectivity index (χ3v) is 8.83. The van der Waals surface area contributed by atoms with Crippen molar-refractivity contribution < 1.29 is 0 Å². The van der Waals surface area contributed by atoms with Gasteiger partial charge >= 0.3 is 0 Å². The second kappa shape index (κ2) is 12.1. The fraction of sp³-hybridized carbons (Fsp3) is 0. The minimum atomic E-state index is 0.614. The van der Waals surface area contributed by atoms with E-state index in [1.54, 1.807) is 0 Å². The molecule has 0 aliphatic carbocycles. The van der Waals surface area contributed by atoms with Crippen LogP contribution in [0.5, 0.6) is 0 Å². The van der Waals surface area contributed by atoms with Crippen molar-refractivity contribution in [3.63, 3.8) is 0 Å². The fourth-order valence-electron chi connectivity index (χ4n) is 6.53. The van der Waals surface area contributed by atoms with Crippen LogP contribution >= 0.6 is 0 Å². The zero-order chi connectivity index (χ0) is 32.6. The van der Waals surface area contributed by atoms with Gasteiger partial charge in [-0.2, -0.15) is 0 Å². The van der Waals surface area contributed by atoms with E-state index < -0.39 is 0 Å². The van der Waals surface area contributed by atoms with Crippen LogP contribution in [0, 0.1) is 0 Å². The molecule has 0 bridgehead atoms. The first-order valence-corrected chi connectivity index (χ1v) is 16.3. The van der Waals surface area contributed by atoms with Crippen LogP contribution in [0.3, 0.4) is 0 Å². The predicted molar refractivity (Wildman–Crippen MR) is 199 cm³/mol. The Labute approximate surface area is 283 Å². The Morgan fingerprint density at radius 2 is 0.857 bits per heavy atom. The van der Waals surface area contributed by atoms with Crippen LogP contribution in [0.4, 0.5) is 0 Å². The number of benzene rings is 6. The normalized spacial score (nSPS) is 11.3. The molecule has 9 aromatic rings. The molecular weight excluding hydrogens is 599 g/mol. The summed E-state index contributed by atoms with van der Waals surface area (Å²) in [4.78, 5) is 20.2. The van der Waals surface area contributed by atoms with E-state index in [1.165, 1.54) is 0 Å². The largest absolute Gasteiger partial charge is 0.307 e. The summed E-state index contributed by atoms with van der Waals surface area (Å²) in [5.74, 6) is 1.88. The highest BCUT2D eigenvalue weighted by molar-refractivity contribution is 6.12. The maximum absolute atomic E-state index is 5.32. The molecule has 0 saturated carbocycles. The van der Waals surface area contributed by atoms with Crippen molar-refractivity contribution in [3.8, 4) is 62.2 Å². The van der Waals surface area contributed by atoms with Gasteiger partial charge in [0.05, 0.1) is 22.2 Å². The predicted octanol–water partition coefficient (Wildman–Crippen LogP) is 10.7. The van der Waals surface area contributed by atoms with Gasteiger partial charge in [-0.05, 0) is 29.8 Å². The molecule has 0 unspecified atom stereocenters. The van der Waals surface area contributed by atoms with E-state index in [2.05, 4.69) is 114 Å². The maximum Gasteiger partial charge on any atom is 0.164 e. The molecule has 0 aliphatic rings. The summed E-state index contributed by atoms with van der Waals surface area (Å²) in [7, 11) is 0. The molecule has 0 saturated heterocycles. The van der Waals surface area contributed by atoms with Crippen LogP contribution in [0.15, 0.2) is 176 Å². The Hall–Kier alpha value is -6.72. The number of hydrogen-bond donors (Lipinski definition) is 0. The van der Waals surface area contributed by atoms with Gasteiger partial charge in [0.15, 0.2) is 17.5 Å². The lowest BCUT2D eigenvalue weighted by atomic mass is 10.0. The summed E-state index contributed by atoms with van der Waals surface area (Å²) in [6.07, 6.45) is 0. The third-order valence-electron chi connectivity index (χ3n) is 8.83. The van der Waals surface area contributed by atoms with E-state index in [1.807, 2.05) is 66.7 Å². The Morgan fingerprint density at radius 1 is 0.367 bits per heavy atom. The van der Waals surface area contributed by atoms with Crippen molar-refractivity contribution in [2.24, 2.45) is 0 Å². The Kier molecular flexibility index (Phi) is 7.06. The molecule has 0 atom stereocenters. The molecule has 49 heavy (non-hydrogen) atoms. The third kappa shape index (κ3) is 5.24. The summed E-state index contributed by atoms with van der Waals surface area (Å²) >= 11 is 0. The molecule has 6 aromatic carbocycles. The average molecular weight is 628 g/mol. The molecule has 5 nitrogen and oxygen atoms in total. The topological polar surface area (TPSA) is 56.5 Å². The van der Waals surface area contributed by atoms with Gasteiger partial charge in [-0.25, -0.2) is 19.9 Å². The first-order valence-electron chi connectivity index (χ1n) is 16.3. The summed E-state index contributed by atoms with van der Waals surface area (Å²) in [6.45, 7) is 0. The van der Waals surface area contributed by atoms with E-state index in [9.17, 15) is 0 Å². The summed E-state index contributed by atoms with van der Waals surface area (Å²) in [6, 6.07) is 60.3.